The lowest BCUT2D eigenvalue weighted by molar-refractivity contribution is -0.143. The first-order valence-electron chi connectivity index (χ1n) is 21.0. The highest BCUT2D eigenvalue weighted by atomic mass is 16.4. The summed E-state index contributed by atoms with van der Waals surface area (Å²) < 4.78 is 0. The number of aliphatic imine (C=N–C) groups is 1. The fourth-order valence-corrected chi connectivity index (χ4v) is 8.02. The third kappa shape index (κ3) is 12.2. The highest BCUT2D eigenvalue weighted by Crippen LogP contribution is 2.38. The number of H-pyrrole nitrogens is 1. The summed E-state index contributed by atoms with van der Waals surface area (Å²) >= 11 is 0. The van der Waals surface area contributed by atoms with Crippen molar-refractivity contribution in [3.05, 3.63) is 65.4 Å². The van der Waals surface area contributed by atoms with E-state index in [0.29, 0.717) is 31.4 Å². The number of phenols is 1. The molecule has 1 aromatic heterocycles. The largest absolute Gasteiger partial charge is 0.508 e. The van der Waals surface area contributed by atoms with Gasteiger partial charge in [0.1, 0.15) is 36.0 Å². The van der Waals surface area contributed by atoms with Gasteiger partial charge in [-0.2, -0.15) is 0 Å². The summed E-state index contributed by atoms with van der Waals surface area (Å²) in [5, 5.41) is 34.9. The number of hydrogen-bond acceptors (Lipinski definition) is 11. The lowest BCUT2D eigenvalue weighted by atomic mass is 9.89. The van der Waals surface area contributed by atoms with Gasteiger partial charge in [-0.3, -0.25) is 39.1 Å². The molecule has 16 N–H and O–H groups in total. The van der Waals surface area contributed by atoms with Crippen LogP contribution in [0.15, 0.2) is 53.5 Å². The molecule has 0 unspecified atom stereocenters. The van der Waals surface area contributed by atoms with Gasteiger partial charge in [0.05, 0.1) is 18.5 Å². The van der Waals surface area contributed by atoms with Crippen molar-refractivity contribution in [2.75, 3.05) is 19.6 Å². The molecule has 0 radical (unpaired) electrons. The molecule has 1 saturated heterocycles. The number of primary amides is 1. The summed E-state index contributed by atoms with van der Waals surface area (Å²) in [6, 6.07) is 6.42. The number of rotatable bonds is 21. The molecule has 2 aliphatic heterocycles. The van der Waals surface area contributed by atoms with Gasteiger partial charge >= 0.3 is 5.97 Å². The van der Waals surface area contributed by atoms with Crippen molar-refractivity contribution in [3.63, 3.8) is 0 Å². The molecule has 21 nitrogen and oxygen atoms in total. The second-order valence-electron chi connectivity index (χ2n) is 15.8. The third-order valence-electron chi connectivity index (χ3n) is 11.2. The number of carbonyl (C=O) groups is 7. The van der Waals surface area contributed by atoms with Crippen LogP contribution in [0, 0.1) is 0 Å². The molecular formula is C42H58N12O9. The Morgan fingerprint density at radius 2 is 1.56 bits per heavy atom. The van der Waals surface area contributed by atoms with Crippen molar-refractivity contribution in [3.8, 4) is 5.75 Å². The van der Waals surface area contributed by atoms with Gasteiger partial charge < -0.3 is 64.3 Å². The molecule has 0 bridgehead atoms. The lowest BCUT2D eigenvalue weighted by Crippen LogP contribution is -2.59. The number of fused-ring (bicyclic) bond motifs is 3. The molecule has 3 aromatic rings. The number of benzene rings is 2. The van der Waals surface area contributed by atoms with Gasteiger partial charge in [-0.05, 0) is 82.5 Å². The minimum absolute atomic E-state index is 0.00137. The first-order chi connectivity index (χ1) is 30.1. The van der Waals surface area contributed by atoms with Gasteiger partial charge in [-0.25, -0.2) is 4.79 Å². The van der Waals surface area contributed by atoms with E-state index in [1.54, 1.807) is 18.2 Å². The second-order valence-corrected chi connectivity index (χ2v) is 15.8. The van der Waals surface area contributed by atoms with Crippen LogP contribution < -0.4 is 49.5 Å². The Bertz CT molecular complexity index is 2190. The standard InChI is InChI=1S/C42H58N12O9/c1-22(36(57)52-28(41(62)63)13-6-7-17-43)48-39(60)31-15-9-19-54(31)40(61)27(14-8-18-47-42(45)46)51-38(59)30(21-33(44)56)53-37(58)29-20-25-23-10-2-4-12-26(23)49-35(25)34(50-29)24-11-3-5-16-32(24)55/h2-5,10-12,16,22,27-31,34,49-50,55H,6-9,13-15,17-21,43H2,1H3,(H2,44,56)(H,48,60)(H,51,59)(H,52,57)(H,53,58)(H,62,63)(H4,45,46,47)/t22-,27-,28-,29-,30-,31-,34+/m0/s1. The number of nitrogens with two attached hydrogens (primary N) is 4. The van der Waals surface area contributed by atoms with Crippen LogP contribution in [0.1, 0.15) is 81.2 Å². The number of amides is 6. The summed E-state index contributed by atoms with van der Waals surface area (Å²) in [5.74, 6) is -5.92. The molecule has 1 fully saturated rings. The van der Waals surface area contributed by atoms with Crippen LogP contribution >= 0.6 is 0 Å². The topological polar surface area (TPSA) is 356 Å². The van der Waals surface area contributed by atoms with E-state index in [4.69, 9.17) is 22.9 Å². The van der Waals surface area contributed by atoms with E-state index >= 15 is 0 Å². The van der Waals surface area contributed by atoms with Crippen LogP contribution in [0.2, 0.25) is 0 Å². The number of carboxylic acid groups (broad SMARTS) is 1. The summed E-state index contributed by atoms with van der Waals surface area (Å²) in [6.07, 6.45) is 1.57. The van der Waals surface area contributed by atoms with Gasteiger partial charge in [0.25, 0.3) is 0 Å². The molecule has 6 amide bonds. The molecule has 0 saturated carbocycles. The van der Waals surface area contributed by atoms with Crippen molar-refractivity contribution >= 4 is 58.3 Å². The molecule has 21 heteroatoms. The number of aromatic amines is 1. The predicted octanol–water partition coefficient (Wildman–Crippen LogP) is -1.43. The summed E-state index contributed by atoms with van der Waals surface area (Å²) in [5.41, 5.74) is 25.0. The Balaban J connectivity index is 1.32. The molecule has 5 rings (SSSR count). The summed E-state index contributed by atoms with van der Waals surface area (Å²) in [7, 11) is 0. The lowest BCUT2D eigenvalue weighted by Gasteiger charge is -2.33. The van der Waals surface area contributed by atoms with Gasteiger partial charge in [0, 0.05) is 35.2 Å². The van der Waals surface area contributed by atoms with Crippen LogP contribution in [-0.4, -0.2) is 123 Å². The maximum absolute atomic E-state index is 14.3. The number of aliphatic carboxylic acids is 1. The minimum atomic E-state index is -1.53. The number of phenolic OH excluding ortho intramolecular Hbond substituents is 1. The van der Waals surface area contributed by atoms with Crippen molar-refractivity contribution in [2.45, 2.75) is 107 Å². The SMILES string of the molecule is C[C@H](NC(=O)[C@@H]1CCCN1C(=O)[C@H](CCCN=C(N)N)NC(=O)[C@H](CC(N)=O)NC(=O)[C@@H]1Cc2c([nH]c3ccccc23)[C@@H](c2ccccc2O)N1)C(=O)N[C@@H](CCCCN)C(=O)O. The van der Waals surface area contributed by atoms with Gasteiger partial charge in [-0.1, -0.05) is 36.4 Å². The van der Waals surface area contributed by atoms with Crippen LogP contribution in [0.4, 0.5) is 0 Å². The van der Waals surface area contributed by atoms with Gasteiger partial charge in [0.2, 0.25) is 35.4 Å². The molecule has 7 atom stereocenters. The smallest absolute Gasteiger partial charge is 0.326 e. The quantitative estimate of drug-likeness (QED) is 0.0332. The highest BCUT2D eigenvalue weighted by molar-refractivity contribution is 5.98. The predicted molar refractivity (Wildman–Crippen MR) is 231 cm³/mol. The van der Waals surface area contributed by atoms with Gasteiger partial charge in [0.15, 0.2) is 5.96 Å². The Labute approximate surface area is 363 Å². The molecule has 0 aliphatic carbocycles. The highest BCUT2D eigenvalue weighted by Gasteiger charge is 2.41. The van der Waals surface area contributed by atoms with Crippen LogP contribution in [-0.2, 0) is 40.0 Å². The average molecular weight is 875 g/mol. The number of nitrogens with one attached hydrogen (secondary N) is 6. The van der Waals surface area contributed by atoms with E-state index < -0.39 is 90.1 Å². The van der Waals surface area contributed by atoms with E-state index in [-0.39, 0.29) is 56.9 Å². The maximum atomic E-state index is 14.3. The first-order valence-corrected chi connectivity index (χ1v) is 21.0. The van der Waals surface area contributed by atoms with Crippen molar-refractivity contribution in [1.29, 1.82) is 0 Å². The molecule has 2 aromatic carbocycles. The van der Waals surface area contributed by atoms with Crippen LogP contribution in [0.3, 0.4) is 0 Å². The number of nitrogens with zero attached hydrogens (tertiary/aromatic N) is 2. The van der Waals surface area contributed by atoms with Crippen LogP contribution in [0.25, 0.3) is 10.9 Å². The number of unbranched alkanes of at least 4 members (excludes halogenated alkanes) is 1. The molecule has 340 valence electrons. The number of guanidine groups is 1. The Morgan fingerprint density at radius 3 is 2.25 bits per heavy atom. The zero-order chi connectivity index (χ0) is 45.8. The van der Waals surface area contributed by atoms with Crippen molar-refractivity contribution in [1.82, 2.24) is 36.5 Å². The van der Waals surface area contributed by atoms with E-state index in [2.05, 4.69) is 36.6 Å². The summed E-state index contributed by atoms with van der Waals surface area (Å²) in [6.45, 7) is 1.97. The van der Waals surface area contributed by atoms with Crippen molar-refractivity contribution < 1.29 is 43.8 Å². The van der Waals surface area contributed by atoms with E-state index in [9.17, 15) is 43.8 Å². The van der Waals surface area contributed by atoms with Crippen LogP contribution in [0.5, 0.6) is 5.75 Å². The van der Waals surface area contributed by atoms with E-state index in [1.807, 2.05) is 24.3 Å². The first kappa shape index (κ1) is 47.3. The molecule has 63 heavy (non-hydrogen) atoms. The Morgan fingerprint density at radius 1 is 0.857 bits per heavy atom. The average Bonchev–Trinajstić information content (AvgIpc) is 3.89. The van der Waals surface area contributed by atoms with Crippen molar-refractivity contribution in [2.24, 2.45) is 27.9 Å². The number of aromatic nitrogens is 1. The molecule has 2 aliphatic rings. The number of carbonyl (C=O) groups excluding carboxylic acids is 6. The third-order valence-corrected chi connectivity index (χ3v) is 11.2. The minimum Gasteiger partial charge on any atom is -0.508 e. The number of likely N-dealkylation sites (tertiary alicyclic amines) is 1. The number of carboxylic acids is 1. The van der Waals surface area contributed by atoms with Gasteiger partial charge in [-0.15, -0.1) is 0 Å². The fourth-order valence-electron chi connectivity index (χ4n) is 8.02. The van der Waals surface area contributed by atoms with E-state index in [0.717, 1.165) is 22.2 Å². The zero-order valence-electron chi connectivity index (χ0n) is 35.1. The molecule has 3 heterocycles. The normalized spacial score (nSPS) is 18.8. The second kappa shape index (κ2) is 21.9. The molecule has 0 spiro atoms. The zero-order valence-corrected chi connectivity index (χ0v) is 35.1. The number of aromatic hydroxyl groups is 1. The summed E-state index contributed by atoms with van der Waals surface area (Å²) in [4.78, 5) is 102. The fraction of sp³-hybridized carbons (Fsp3) is 0.476. The maximum Gasteiger partial charge on any atom is 0.326 e. The number of hydrogen-bond donors (Lipinski definition) is 12. The Kier molecular flexibility index (Phi) is 16.4. The van der Waals surface area contributed by atoms with E-state index in [1.165, 1.54) is 17.9 Å². The Hall–Kier alpha value is -6.74. The number of para-hydroxylation sites is 2. The monoisotopic (exact) mass is 874 g/mol. The molecular weight excluding hydrogens is 817 g/mol.